The molecule has 0 unspecified atom stereocenters. The molecule has 0 bridgehead atoms. The van der Waals surface area contributed by atoms with Crippen LogP contribution in [0.3, 0.4) is 0 Å². The van der Waals surface area contributed by atoms with Gasteiger partial charge >= 0.3 is 0 Å². The molecule has 18 heavy (non-hydrogen) atoms. The van der Waals surface area contributed by atoms with Crippen LogP contribution in [-0.4, -0.2) is 14.3 Å². The first-order valence-electron chi connectivity index (χ1n) is 5.73. The Kier molecular flexibility index (Phi) is 3.18. The fraction of sp³-hybridized carbons (Fsp3) is 0.667. The van der Waals surface area contributed by atoms with E-state index in [-0.39, 0.29) is 14.6 Å². The maximum Gasteiger partial charge on any atom is 0.233 e. The minimum absolute atomic E-state index is 0.0648. The monoisotopic (exact) mass is 378 g/mol. The zero-order valence-electron chi connectivity index (χ0n) is 10.8. The van der Waals surface area contributed by atoms with Crippen molar-refractivity contribution in [3.63, 3.8) is 0 Å². The third-order valence-corrected chi connectivity index (χ3v) is 5.56. The summed E-state index contributed by atoms with van der Waals surface area (Å²) in [7, 11) is 0. The summed E-state index contributed by atoms with van der Waals surface area (Å²) in [5.41, 5.74) is -0.568. The van der Waals surface area contributed by atoms with Crippen molar-refractivity contribution in [3.8, 4) is 0 Å². The van der Waals surface area contributed by atoms with Crippen molar-refractivity contribution in [2.24, 2.45) is 5.41 Å². The van der Waals surface area contributed by atoms with E-state index in [4.69, 9.17) is 4.52 Å². The first-order valence-corrected chi connectivity index (χ1v) is 7.31. The SMILES string of the molecule is CC(C)(C)c1cc(NC(=O)[C@@]2(C)CC2(Br)Br)no1. The van der Waals surface area contributed by atoms with E-state index in [2.05, 4.69) is 42.3 Å². The van der Waals surface area contributed by atoms with Crippen molar-refractivity contribution >= 4 is 43.6 Å². The Hall–Kier alpha value is -0.360. The number of alkyl halides is 2. The fourth-order valence-electron chi connectivity index (χ4n) is 1.59. The third kappa shape index (κ3) is 2.37. The van der Waals surface area contributed by atoms with Crippen LogP contribution in [0.5, 0.6) is 0 Å². The molecule has 1 fully saturated rings. The molecule has 0 saturated heterocycles. The summed E-state index contributed by atoms with van der Waals surface area (Å²) in [5, 5.41) is 6.66. The van der Waals surface area contributed by atoms with Crippen LogP contribution in [0.15, 0.2) is 10.6 Å². The summed E-state index contributed by atoms with van der Waals surface area (Å²) in [4.78, 5) is 12.1. The Morgan fingerprint density at radius 2 is 2.06 bits per heavy atom. The van der Waals surface area contributed by atoms with Crippen LogP contribution in [0.4, 0.5) is 5.82 Å². The number of nitrogens with one attached hydrogen (secondary N) is 1. The highest BCUT2D eigenvalue weighted by molar-refractivity contribution is 9.25. The summed E-state index contributed by atoms with van der Waals surface area (Å²) >= 11 is 6.94. The van der Waals surface area contributed by atoms with Gasteiger partial charge in [-0.25, -0.2) is 0 Å². The molecule has 1 heterocycles. The molecule has 0 aliphatic heterocycles. The van der Waals surface area contributed by atoms with Crippen molar-refractivity contribution in [3.05, 3.63) is 11.8 Å². The Morgan fingerprint density at radius 1 is 1.50 bits per heavy atom. The van der Waals surface area contributed by atoms with E-state index in [1.165, 1.54) is 0 Å². The van der Waals surface area contributed by atoms with E-state index < -0.39 is 5.41 Å². The van der Waals surface area contributed by atoms with Crippen LogP contribution < -0.4 is 5.32 Å². The van der Waals surface area contributed by atoms with E-state index >= 15 is 0 Å². The van der Waals surface area contributed by atoms with Gasteiger partial charge in [-0.3, -0.25) is 4.79 Å². The lowest BCUT2D eigenvalue weighted by molar-refractivity contribution is -0.120. The van der Waals surface area contributed by atoms with Gasteiger partial charge in [-0.1, -0.05) is 57.8 Å². The number of aromatic nitrogens is 1. The van der Waals surface area contributed by atoms with Crippen LogP contribution in [0.2, 0.25) is 0 Å². The van der Waals surface area contributed by atoms with Crippen LogP contribution in [0, 0.1) is 5.41 Å². The van der Waals surface area contributed by atoms with Gasteiger partial charge in [0.1, 0.15) is 5.76 Å². The quantitative estimate of drug-likeness (QED) is 0.795. The predicted octanol–water partition coefficient (Wildman–Crippen LogP) is 3.81. The number of hydrogen-bond acceptors (Lipinski definition) is 3. The van der Waals surface area contributed by atoms with Crippen molar-refractivity contribution in [2.75, 3.05) is 5.32 Å². The summed E-state index contributed by atoms with van der Waals surface area (Å²) in [6, 6.07) is 1.77. The second-order valence-corrected chi connectivity index (χ2v) is 9.77. The van der Waals surface area contributed by atoms with Crippen molar-refractivity contribution < 1.29 is 9.32 Å². The molecule has 2 rings (SSSR count). The van der Waals surface area contributed by atoms with E-state index in [1.54, 1.807) is 6.07 Å². The molecule has 0 aromatic carbocycles. The lowest BCUT2D eigenvalue weighted by Crippen LogP contribution is -2.25. The molecule has 100 valence electrons. The molecule has 6 heteroatoms. The standard InChI is InChI=1S/C12H16Br2N2O2/c1-10(2,3)7-5-8(16-18-7)15-9(17)11(4)6-12(11,13)14/h5H,6H2,1-4H3,(H,15,16,17)/t11-/m1/s1. The molecule has 4 nitrogen and oxygen atoms in total. The van der Waals surface area contributed by atoms with Gasteiger partial charge < -0.3 is 9.84 Å². The van der Waals surface area contributed by atoms with E-state index in [0.717, 1.165) is 12.2 Å². The highest BCUT2D eigenvalue weighted by Crippen LogP contribution is 2.66. The zero-order chi connectivity index (χ0) is 13.8. The first kappa shape index (κ1) is 14.1. The number of carbonyl (C=O) groups is 1. The summed E-state index contributed by atoms with van der Waals surface area (Å²) in [5.74, 6) is 1.15. The van der Waals surface area contributed by atoms with Gasteiger partial charge in [0.25, 0.3) is 0 Å². The Balaban J connectivity index is 2.08. The van der Waals surface area contributed by atoms with Gasteiger partial charge in [0.2, 0.25) is 5.91 Å². The third-order valence-electron chi connectivity index (χ3n) is 3.25. The van der Waals surface area contributed by atoms with Crippen molar-refractivity contribution in [1.29, 1.82) is 0 Å². The van der Waals surface area contributed by atoms with E-state index in [1.807, 2.05) is 27.7 Å². The van der Waals surface area contributed by atoms with E-state index in [9.17, 15) is 4.79 Å². The van der Waals surface area contributed by atoms with Gasteiger partial charge in [-0.05, 0) is 13.3 Å². The minimum atomic E-state index is -0.451. The zero-order valence-corrected chi connectivity index (χ0v) is 14.0. The molecule has 1 N–H and O–H groups in total. The molecule has 1 aliphatic rings. The van der Waals surface area contributed by atoms with Gasteiger partial charge in [0.15, 0.2) is 5.82 Å². The second kappa shape index (κ2) is 4.07. The normalized spacial score (nSPS) is 25.9. The Labute approximate surface area is 123 Å². The topological polar surface area (TPSA) is 55.1 Å². The largest absolute Gasteiger partial charge is 0.359 e. The molecule has 1 aromatic heterocycles. The molecule has 0 spiro atoms. The lowest BCUT2D eigenvalue weighted by atomic mass is 9.93. The van der Waals surface area contributed by atoms with Crippen LogP contribution >= 0.6 is 31.9 Å². The van der Waals surface area contributed by atoms with Crippen LogP contribution in [0.1, 0.15) is 39.9 Å². The number of amides is 1. The predicted molar refractivity (Wildman–Crippen MR) is 77.1 cm³/mol. The van der Waals surface area contributed by atoms with Gasteiger partial charge in [0, 0.05) is 11.5 Å². The number of nitrogens with zero attached hydrogens (tertiary/aromatic N) is 1. The summed E-state index contributed by atoms with van der Waals surface area (Å²) < 4.78 is 4.93. The maximum absolute atomic E-state index is 12.1. The number of hydrogen-bond donors (Lipinski definition) is 1. The molecular weight excluding hydrogens is 364 g/mol. The number of anilines is 1. The average molecular weight is 380 g/mol. The average Bonchev–Trinajstić information content (AvgIpc) is 2.62. The van der Waals surface area contributed by atoms with Crippen LogP contribution in [-0.2, 0) is 10.2 Å². The molecule has 1 aromatic rings. The van der Waals surface area contributed by atoms with E-state index in [0.29, 0.717) is 5.82 Å². The summed E-state index contributed by atoms with van der Waals surface area (Å²) in [6.07, 6.45) is 0.746. The smallest absolute Gasteiger partial charge is 0.233 e. The number of halogens is 2. The number of rotatable bonds is 2. The van der Waals surface area contributed by atoms with Gasteiger partial charge in [-0.15, -0.1) is 0 Å². The maximum atomic E-state index is 12.1. The highest BCUT2D eigenvalue weighted by atomic mass is 79.9. The van der Waals surface area contributed by atoms with Crippen LogP contribution in [0.25, 0.3) is 0 Å². The fourth-order valence-corrected chi connectivity index (χ4v) is 3.07. The molecule has 1 saturated carbocycles. The minimum Gasteiger partial charge on any atom is -0.359 e. The number of carbonyl (C=O) groups excluding carboxylic acids is 1. The highest BCUT2D eigenvalue weighted by Gasteiger charge is 2.66. The summed E-state index contributed by atoms with van der Waals surface area (Å²) in [6.45, 7) is 7.99. The van der Waals surface area contributed by atoms with Gasteiger partial charge in [0.05, 0.1) is 8.65 Å². The Morgan fingerprint density at radius 3 is 2.44 bits per heavy atom. The molecule has 0 radical (unpaired) electrons. The molecular formula is C12H16Br2N2O2. The Bertz CT molecular complexity index is 491. The van der Waals surface area contributed by atoms with Crippen molar-refractivity contribution in [1.82, 2.24) is 5.16 Å². The second-order valence-electron chi connectivity index (χ2n) is 5.99. The first-order chi connectivity index (χ1) is 8.06. The lowest BCUT2D eigenvalue weighted by Gasteiger charge is -2.12. The molecule has 1 atom stereocenters. The van der Waals surface area contributed by atoms with Gasteiger partial charge in [-0.2, -0.15) is 0 Å². The van der Waals surface area contributed by atoms with Crippen molar-refractivity contribution in [2.45, 2.75) is 42.8 Å². The molecule has 1 aliphatic carbocycles. The molecule has 1 amide bonds.